The Balaban J connectivity index is 2.36. The Morgan fingerprint density at radius 1 is 1.21 bits per heavy atom. The van der Waals surface area contributed by atoms with E-state index in [9.17, 15) is 4.39 Å². The predicted molar refractivity (Wildman–Crippen MR) is 74.5 cm³/mol. The van der Waals surface area contributed by atoms with E-state index in [1.807, 2.05) is 13.8 Å². The molecule has 1 aromatic heterocycles. The number of anilines is 1. The highest BCUT2D eigenvalue weighted by Gasteiger charge is 2.15. The molecule has 0 bridgehead atoms. The van der Waals surface area contributed by atoms with Crippen LogP contribution in [0.2, 0.25) is 0 Å². The van der Waals surface area contributed by atoms with Gasteiger partial charge in [0.05, 0.1) is 0 Å². The number of nitrogens with zero attached hydrogens (tertiary/aromatic N) is 2. The summed E-state index contributed by atoms with van der Waals surface area (Å²) < 4.78 is 12.9. The van der Waals surface area contributed by atoms with Crippen LogP contribution in [-0.2, 0) is 0 Å². The van der Waals surface area contributed by atoms with Crippen LogP contribution in [0.25, 0.3) is 0 Å². The molecule has 100 valence electrons. The monoisotopic (exact) mass is 278 g/mol. The molecule has 6 heteroatoms. The molecule has 0 amide bonds. The molecule has 0 spiro atoms. The highest BCUT2D eigenvalue weighted by Crippen LogP contribution is 2.35. The molecule has 0 unspecified atom stereocenters. The number of hydrogen-bond donors (Lipinski definition) is 2. The SMILES string of the molecule is CC(C)c1c(NN)ncnc1Sc1ccc(F)cc1. The fourth-order valence-corrected chi connectivity index (χ4v) is 2.75. The molecule has 0 radical (unpaired) electrons. The van der Waals surface area contributed by atoms with E-state index in [1.165, 1.54) is 30.2 Å². The lowest BCUT2D eigenvalue weighted by molar-refractivity contribution is 0.626. The van der Waals surface area contributed by atoms with Crippen molar-refractivity contribution in [3.8, 4) is 0 Å². The zero-order valence-electron chi connectivity index (χ0n) is 10.7. The van der Waals surface area contributed by atoms with Crippen molar-refractivity contribution in [1.29, 1.82) is 0 Å². The Labute approximate surface area is 115 Å². The first-order valence-corrected chi connectivity index (χ1v) is 6.68. The maximum Gasteiger partial charge on any atom is 0.147 e. The lowest BCUT2D eigenvalue weighted by Gasteiger charge is -2.14. The first kappa shape index (κ1) is 13.8. The van der Waals surface area contributed by atoms with Gasteiger partial charge in [-0.2, -0.15) is 0 Å². The minimum absolute atomic E-state index is 0.232. The fourth-order valence-electron chi connectivity index (χ4n) is 1.71. The Kier molecular flexibility index (Phi) is 4.34. The third kappa shape index (κ3) is 3.21. The number of aromatic nitrogens is 2. The van der Waals surface area contributed by atoms with Crippen molar-refractivity contribution < 1.29 is 4.39 Å². The normalized spacial score (nSPS) is 10.8. The van der Waals surface area contributed by atoms with Gasteiger partial charge in [-0.3, -0.25) is 0 Å². The molecule has 0 aliphatic rings. The molecule has 3 N–H and O–H groups in total. The summed E-state index contributed by atoms with van der Waals surface area (Å²) in [5.41, 5.74) is 3.55. The summed E-state index contributed by atoms with van der Waals surface area (Å²) in [6.07, 6.45) is 1.47. The number of hydrazine groups is 1. The van der Waals surface area contributed by atoms with E-state index in [2.05, 4.69) is 15.4 Å². The Morgan fingerprint density at radius 3 is 2.47 bits per heavy atom. The smallest absolute Gasteiger partial charge is 0.147 e. The average molecular weight is 278 g/mol. The second-order valence-electron chi connectivity index (χ2n) is 4.30. The van der Waals surface area contributed by atoms with Crippen LogP contribution in [0, 0.1) is 5.82 Å². The molecular weight excluding hydrogens is 263 g/mol. The summed E-state index contributed by atoms with van der Waals surface area (Å²) in [5.74, 6) is 6.07. The van der Waals surface area contributed by atoms with Crippen molar-refractivity contribution in [3.63, 3.8) is 0 Å². The van der Waals surface area contributed by atoms with Crippen molar-refractivity contribution in [2.45, 2.75) is 29.7 Å². The van der Waals surface area contributed by atoms with Crippen LogP contribution in [0.15, 0.2) is 40.5 Å². The van der Waals surface area contributed by atoms with E-state index < -0.39 is 0 Å². The van der Waals surface area contributed by atoms with E-state index in [4.69, 9.17) is 5.84 Å². The van der Waals surface area contributed by atoms with E-state index >= 15 is 0 Å². The lowest BCUT2D eigenvalue weighted by atomic mass is 10.1. The Bertz CT molecular complexity index is 557. The second-order valence-corrected chi connectivity index (χ2v) is 5.36. The molecule has 0 fully saturated rings. The summed E-state index contributed by atoms with van der Waals surface area (Å²) in [6, 6.07) is 6.31. The Hall–Kier alpha value is -1.66. The third-order valence-electron chi connectivity index (χ3n) is 2.59. The molecular formula is C13H15FN4S. The summed E-state index contributed by atoms with van der Waals surface area (Å²) in [7, 11) is 0. The van der Waals surface area contributed by atoms with Crippen molar-refractivity contribution in [1.82, 2.24) is 9.97 Å². The van der Waals surface area contributed by atoms with Crippen molar-refractivity contribution in [2.75, 3.05) is 5.43 Å². The van der Waals surface area contributed by atoms with Crippen LogP contribution in [0.3, 0.4) is 0 Å². The molecule has 0 saturated carbocycles. The molecule has 0 atom stereocenters. The first-order valence-electron chi connectivity index (χ1n) is 5.86. The van der Waals surface area contributed by atoms with E-state index in [0.717, 1.165) is 15.5 Å². The zero-order chi connectivity index (χ0) is 13.8. The van der Waals surface area contributed by atoms with Gasteiger partial charge in [-0.15, -0.1) is 0 Å². The van der Waals surface area contributed by atoms with Crippen LogP contribution in [0.1, 0.15) is 25.3 Å². The third-order valence-corrected chi connectivity index (χ3v) is 3.62. The van der Waals surface area contributed by atoms with Gasteiger partial charge in [0.25, 0.3) is 0 Å². The fraction of sp³-hybridized carbons (Fsp3) is 0.231. The predicted octanol–water partition coefficient (Wildman–Crippen LogP) is 3.18. The number of halogens is 1. The van der Waals surface area contributed by atoms with Crippen molar-refractivity contribution in [3.05, 3.63) is 42.0 Å². The number of nitrogens with one attached hydrogen (secondary N) is 1. The van der Waals surface area contributed by atoms with Crippen LogP contribution in [0.5, 0.6) is 0 Å². The van der Waals surface area contributed by atoms with Gasteiger partial charge >= 0.3 is 0 Å². The van der Waals surface area contributed by atoms with Crippen molar-refractivity contribution in [2.24, 2.45) is 5.84 Å². The highest BCUT2D eigenvalue weighted by molar-refractivity contribution is 7.99. The van der Waals surface area contributed by atoms with Gasteiger partial charge in [0.1, 0.15) is 23.0 Å². The molecule has 2 rings (SSSR count). The highest BCUT2D eigenvalue weighted by atomic mass is 32.2. The van der Waals surface area contributed by atoms with E-state index in [1.54, 1.807) is 12.1 Å². The summed E-state index contributed by atoms with van der Waals surface area (Å²) in [6.45, 7) is 4.10. The van der Waals surface area contributed by atoms with Gasteiger partial charge in [0.15, 0.2) is 0 Å². The maximum absolute atomic E-state index is 12.9. The van der Waals surface area contributed by atoms with Crippen LogP contribution < -0.4 is 11.3 Å². The van der Waals surface area contributed by atoms with Crippen LogP contribution in [-0.4, -0.2) is 9.97 Å². The van der Waals surface area contributed by atoms with Gasteiger partial charge in [0.2, 0.25) is 0 Å². The quantitative estimate of drug-likeness (QED) is 0.511. The minimum atomic E-state index is -0.250. The van der Waals surface area contributed by atoms with Crippen LogP contribution in [0.4, 0.5) is 10.2 Å². The molecule has 2 aromatic rings. The topological polar surface area (TPSA) is 63.8 Å². The lowest BCUT2D eigenvalue weighted by Crippen LogP contribution is -2.13. The number of nitrogens with two attached hydrogens (primary N) is 1. The molecule has 4 nitrogen and oxygen atoms in total. The standard InChI is InChI=1S/C13H15FN4S/c1-8(2)11-12(18-15)16-7-17-13(11)19-10-5-3-9(14)4-6-10/h3-8H,15H2,1-2H3,(H,16,17,18). The summed E-state index contributed by atoms with van der Waals surface area (Å²) in [5, 5.41) is 0.824. The number of nitrogen functional groups attached to an aromatic ring is 1. The molecule has 0 aliphatic heterocycles. The average Bonchev–Trinajstić information content (AvgIpc) is 2.40. The molecule has 19 heavy (non-hydrogen) atoms. The molecule has 0 aliphatic carbocycles. The van der Waals surface area contributed by atoms with Gasteiger partial charge in [0, 0.05) is 10.5 Å². The minimum Gasteiger partial charge on any atom is -0.308 e. The van der Waals surface area contributed by atoms with Gasteiger partial charge in [-0.1, -0.05) is 25.6 Å². The zero-order valence-corrected chi connectivity index (χ0v) is 11.5. The summed E-state index contributed by atoms with van der Waals surface area (Å²) in [4.78, 5) is 9.32. The second kappa shape index (κ2) is 5.99. The van der Waals surface area contributed by atoms with E-state index in [-0.39, 0.29) is 11.7 Å². The molecule has 0 saturated heterocycles. The van der Waals surface area contributed by atoms with Crippen molar-refractivity contribution >= 4 is 17.6 Å². The van der Waals surface area contributed by atoms with E-state index in [0.29, 0.717) is 5.82 Å². The largest absolute Gasteiger partial charge is 0.308 e. The Morgan fingerprint density at radius 2 is 1.89 bits per heavy atom. The van der Waals surface area contributed by atoms with Gasteiger partial charge in [-0.25, -0.2) is 20.2 Å². The molecule has 1 aromatic carbocycles. The van der Waals surface area contributed by atoms with Crippen LogP contribution >= 0.6 is 11.8 Å². The maximum atomic E-state index is 12.9. The van der Waals surface area contributed by atoms with Gasteiger partial charge < -0.3 is 5.43 Å². The first-order chi connectivity index (χ1) is 9.11. The number of benzene rings is 1. The number of hydrogen-bond acceptors (Lipinski definition) is 5. The number of rotatable bonds is 4. The van der Waals surface area contributed by atoms with Gasteiger partial charge in [-0.05, 0) is 30.2 Å². The molecule has 1 heterocycles. The summed E-state index contributed by atoms with van der Waals surface area (Å²) >= 11 is 1.47.